The molecule has 21 heavy (non-hydrogen) atoms. The monoisotopic (exact) mass is 311 g/mol. The van der Waals surface area contributed by atoms with Crippen LogP contribution in [-0.4, -0.2) is 49.1 Å². The summed E-state index contributed by atoms with van der Waals surface area (Å²) in [7, 11) is -3.28. The van der Waals surface area contributed by atoms with Gasteiger partial charge in [0, 0.05) is 18.7 Å². The molecule has 0 aliphatic carbocycles. The van der Waals surface area contributed by atoms with E-state index in [9.17, 15) is 18.0 Å². The molecular formula is C14H17NO5S. The molecule has 114 valence electrons. The van der Waals surface area contributed by atoms with Crippen LogP contribution < -0.4 is 0 Å². The first kappa shape index (κ1) is 15.5. The molecule has 0 aromatic heterocycles. The maximum Gasteiger partial charge on any atom is 0.308 e. The molecule has 0 spiro atoms. The van der Waals surface area contributed by atoms with E-state index in [1.54, 1.807) is 6.92 Å². The van der Waals surface area contributed by atoms with Gasteiger partial charge < -0.3 is 10.0 Å². The van der Waals surface area contributed by atoms with Crippen LogP contribution in [0.1, 0.15) is 23.7 Å². The van der Waals surface area contributed by atoms with Gasteiger partial charge in [-0.15, -0.1) is 0 Å². The van der Waals surface area contributed by atoms with Crippen LogP contribution in [-0.2, 0) is 14.6 Å². The molecule has 1 aromatic carbocycles. The average molecular weight is 311 g/mol. The van der Waals surface area contributed by atoms with Crippen molar-refractivity contribution in [2.45, 2.75) is 18.2 Å². The summed E-state index contributed by atoms with van der Waals surface area (Å²) < 4.78 is 23.4. The molecule has 1 aliphatic heterocycles. The second kappa shape index (κ2) is 5.85. The van der Waals surface area contributed by atoms with Gasteiger partial charge in [-0.25, -0.2) is 8.42 Å². The van der Waals surface area contributed by atoms with E-state index in [0.717, 1.165) is 0 Å². The molecular weight excluding hydrogens is 294 g/mol. The van der Waals surface area contributed by atoms with E-state index in [0.29, 0.717) is 18.5 Å². The number of carboxylic acids is 1. The topological polar surface area (TPSA) is 91.8 Å². The van der Waals surface area contributed by atoms with Crippen molar-refractivity contribution in [1.29, 1.82) is 0 Å². The van der Waals surface area contributed by atoms with Gasteiger partial charge in [-0.05, 0) is 30.7 Å². The van der Waals surface area contributed by atoms with Gasteiger partial charge in [-0.2, -0.15) is 0 Å². The number of benzene rings is 1. The van der Waals surface area contributed by atoms with Crippen LogP contribution >= 0.6 is 0 Å². The summed E-state index contributed by atoms with van der Waals surface area (Å²) in [5, 5.41) is 8.93. The first-order valence-electron chi connectivity index (χ1n) is 6.70. The van der Waals surface area contributed by atoms with Gasteiger partial charge in [-0.1, -0.05) is 6.92 Å². The summed E-state index contributed by atoms with van der Waals surface area (Å²) in [5.41, 5.74) is 0.371. The summed E-state index contributed by atoms with van der Waals surface area (Å²) in [6.45, 7) is 2.17. The zero-order valence-corrected chi connectivity index (χ0v) is 12.5. The van der Waals surface area contributed by atoms with Crippen LogP contribution in [0.25, 0.3) is 0 Å². The maximum atomic E-state index is 12.2. The predicted octanol–water partition coefficient (Wildman–Crippen LogP) is 1.03. The number of sulfone groups is 1. The molecule has 6 nitrogen and oxygen atoms in total. The first-order valence-corrected chi connectivity index (χ1v) is 8.35. The number of likely N-dealkylation sites (tertiary alicyclic amines) is 1. The van der Waals surface area contributed by atoms with Gasteiger partial charge in [-0.3, -0.25) is 9.59 Å². The number of nitrogens with zero attached hydrogens (tertiary/aromatic N) is 1. The Morgan fingerprint density at radius 3 is 2.38 bits per heavy atom. The summed E-state index contributed by atoms with van der Waals surface area (Å²) in [4.78, 5) is 24.8. The summed E-state index contributed by atoms with van der Waals surface area (Å²) in [6, 6.07) is 5.77. The molecule has 1 aliphatic rings. The highest BCUT2D eigenvalue weighted by Gasteiger charge is 2.31. The van der Waals surface area contributed by atoms with Crippen LogP contribution in [0.2, 0.25) is 0 Å². The zero-order valence-electron chi connectivity index (χ0n) is 11.7. The van der Waals surface area contributed by atoms with E-state index in [2.05, 4.69) is 0 Å². The number of carbonyl (C=O) groups excluding carboxylic acids is 1. The number of rotatable bonds is 4. The lowest BCUT2D eigenvalue weighted by atomic mass is 10.1. The molecule has 0 saturated carbocycles. The van der Waals surface area contributed by atoms with Gasteiger partial charge in [0.15, 0.2) is 9.84 Å². The molecule has 1 aromatic rings. The largest absolute Gasteiger partial charge is 0.481 e. The fourth-order valence-corrected chi connectivity index (χ4v) is 3.18. The number of hydrogen-bond donors (Lipinski definition) is 1. The minimum Gasteiger partial charge on any atom is -0.481 e. The first-order chi connectivity index (χ1) is 9.85. The van der Waals surface area contributed by atoms with Crippen molar-refractivity contribution in [1.82, 2.24) is 4.90 Å². The van der Waals surface area contributed by atoms with Crippen LogP contribution in [0.3, 0.4) is 0 Å². The van der Waals surface area contributed by atoms with Gasteiger partial charge in [0.05, 0.1) is 16.6 Å². The van der Waals surface area contributed by atoms with Crippen molar-refractivity contribution in [3.63, 3.8) is 0 Å². The van der Waals surface area contributed by atoms with E-state index >= 15 is 0 Å². The summed E-state index contributed by atoms with van der Waals surface area (Å²) in [6.07, 6.45) is 0.448. The van der Waals surface area contributed by atoms with Crippen LogP contribution in [0.4, 0.5) is 0 Å². The Kier molecular flexibility index (Phi) is 4.32. The Bertz CT molecular complexity index is 650. The fraction of sp³-hybridized carbons (Fsp3) is 0.429. The molecule has 0 bridgehead atoms. The van der Waals surface area contributed by atoms with Crippen molar-refractivity contribution >= 4 is 21.7 Å². The molecule has 1 N–H and O–H groups in total. The molecule has 2 rings (SSSR count). The van der Waals surface area contributed by atoms with Gasteiger partial charge in [0.25, 0.3) is 5.91 Å². The van der Waals surface area contributed by atoms with E-state index in [4.69, 9.17) is 5.11 Å². The van der Waals surface area contributed by atoms with Crippen LogP contribution in [0.5, 0.6) is 0 Å². The summed E-state index contributed by atoms with van der Waals surface area (Å²) >= 11 is 0. The highest BCUT2D eigenvalue weighted by Crippen LogP contribution is 2.20. The average Bonchev–Trinajstić information content (AvgIpc) is 2.96. The number of hydrogen-bond acceptors (Lipinski definition) is 4. The molecule has 0 unspecified atom stereocenters. The Balaban J connectivity index is 2.13. The van der Waals surface area contributed by atoms with E-state index < -0.39 is 21.7 Å². The van der Waals surface area contributed by atoms with Gasteiger partial charge >= 0.3 is 5.97 Å². The molecule has 1 amide bonds. The third-order valence-corrected chi connectivity index (χ3v) is 5.42. The summed E-state index contributed by atoms with van der Waals surface area (Å²) in [5.74, 6) is -1.67. The Labute approximate surface area is 123 Å². The van der Waals surface area contributed by atoms with E-state index in [1.165, 1.54) is 29.2 Å². The zero-order chi connectivity index (χ0) is 15.6. The SMILES string of the molecule is CCS(=O)(=O)c1ccc(C(=O)N2CC[C@H](C(=O)O)C2)cc1. The molecule has 0 radical (unpaired) electrons. The smallest absolute Gasteiger partial charge is 0.308 e. The van der Waals surface area contributed by atoms with E-state index in [1.807, 2.05) is 0 Å². The molecule has 1 saturated heterocycles. The number of carbonyl (C=O) groups is 2. The van der Waals surface area contributed by atoms with Gasteiger partial charge in [0.1, 0.15) is 0 Å². The van der Waals surface area contributed by atoms with Crippen LogP contribution in [0.15, 0.2) is 29.2 Å². The molecule has 1 atom stereocenters. The third kappa shape index (κ3) is 3.24. The fourth-order valence-electron chi connectivity index (χ4n) is 2.30. The maximum absolute atomic E-state index is 12.2. The van der Waals surface area contributed by atoms with E-state index in [-0.39, 0.29) is 23.1 Å². The number of aliphatic carboxylic acids is 1. The molecule has 1 fully saturated rings. The normalized spacial score (nSPS) is 18.7. The minimum atomic E-state index is -3.28. The lowest BCUT2D eigenvalue weighted by Crippen LogP contribution is -2.29. The van der Waals surface area contributed by atoms with Crippen molar-refractivity contribution in [3.8, 4) is 0 Å². The standard InChI is InChI=1S/C14H17NO5S/c1-2-21(19,20)12-5-3-10(4-6-12)13(16)15-8-7-11(9-15)14(17)18/h3-6,11H,2,7-9H2,1H3,(H,17,18)/t11-/m0/s1. The lowest BCUT2D eigenvalue weighted by Gasteiger charge is -2.16. The third-order valence-electron chi connectivity index (χ3n) is 3.67. The van der Waals surface area contributed by atoms with Crippen LogP contribution in [0, 0.1) is 5.92 Å². The van der Waals surface area contributed by atoms with Gasteiger partial charge in [0.2, 0.25) is 0 Å². The highest BCUT2D eigenvalue weighted by atomic mass is 32.2. The van der Waals surface area contributed by atoms with Crippen molar-refractivity contribution < 1.29 is 23.1 Å². The minimum absolute atomic E-state index is 0.00666. The van der Waals surface area contributed by atoms with Crippen molar-refractivity contribution in [3.05, 3.63) is 29.8 Å². The Morgan fingerprint density at radius 1 is 1.29 bits per heavy atom. The number of amides is 1. The van der Waals surface area contributed by atoms with Crippen molar-refractivity contribution in [2.75, 3.05) is 18.8 Å². The molecule has 1 heterocycles. The molecule has 7 heteroatoms. The second-order valence-electron chi connectivity index (χ2n) is 5.00. The Morgan fingerprint density at radius 2 is 1.90 bits per heavy atom. The Hall–Kier alpha value is -1.89. The second-order valence-corrected chi connectivity index (χ2v) is 7.28. The predicted molar refractivity (Wildman–Crippen MR) is 75.8 cm³/mol. The van der Waals surface area contributed by atoms with Crippen molar-refractivity contribution in [2.24, 2.45) is 5.92 Å². The highest BCUT2D eigenvalue weighted by molar-refractivity contribution is 7.91. The lowest BCUT2D eigenvalue weighted by molar-refractivity contribution is -0.141. The number of carboxylic acid groups (broad SMARTS) is 1. The quantitative estimate of drug-likeness (QED) is 0.896.